The van der Waals surface area contributed by atoms with Gasteiger partial charge in [-0.25, -0.2) is 9.52 Å². The Morgan fingerprint density at radius 1 is 1.33 bits per heavy atom. The van der Waals surface area contributed by atoms with E-state index in [2.05, 4.69) is 0 Å². The smallest absolute Gasteiger partial charge is 0.422 e. The molecule has 2 aliphatic rings. The molecular weight excluding hydrogens is 300 g/mol. The number of carbonyl (C=O) groups excluding carboxylic acids is 1. The minimum Gasteiger partial charge on any atom is -0.480 e. The predicted molar refractivity (Wildman–Crippen MR) is 72.6 cm³/mol. The highest BCUT2D eigenvalue weighted by molar-refractivity contribution is 7.87. The molecule has 3 atom stereocenters. The summed E-state index contributed by atoms with van der Waals surface area (Å²) in [6, 6.07) is -1.11. The Hall–Kier alpha value is -1.35. The maximum Gasteiger partial charge on any atom is 0.422 e. The van der Waals surface area contributed by atoms with Gasteiger partial charge in [0.1, 0.15) is 6.04 Å². The normalized spacial score (nSPS) is 29.4. The molecule has 8 nitrogen and oxygen atoms in total. The first kappa shape index (κ1) is 16.0. The molecule has 9 heteroatoms. The summed E-state index contributed by atoms with van der Waals surface area (Å²) in [5, 5.41) is 9.32. The zero-order chi connectivity index (χ0) is 15.8. The van der Waals surface area contributed by atoms with Crippen LogP contribution < -0.4 is 4.72 Å². The second kappa shape index (κ2) is 5.80. The van der Waals surface area contributed by atoms with Crippen LogP contribution in [0.3, 0.4) is 0 Å². The third-order valence-electron chi connectivity index (χ3n) is 3.96. The molecule has 0 bridgehead atoms. The van der Waals surface area contributed by atoms with Gasteiger partial charge in [0.05, 0.1) is 6.10 Å². The van der Waals surface area contributed by atoms with E-state index in [1.807, 2.05) is 0 Å². The van der Waals surface area contributed by atoms with Gasteiger partial charge in [-0.05, 0) is 38.5 Å². The number of nitrogens with zero attached hydrogens (tertiary/aromatic N) is 1. The Morgan fingerprint density at radius 2 is 2.00 bits per heavy atom. The van der Waals surface area contributed by atoms with Crippen LogP contribution in [-0.2, 0) is 19.7 Å². The highest BCUT2D eigenvalue weighted by atomic mass is 32.2. The van der Waals surface area contributed by atoms with Gasteiger partial charge in [-0.3, -0.25) is 4.79 Å². The number of hydrogen-bond acceptors (Lipinski definition) is 5. The lowest BCUT2D eigenvalue weighted by atomic mass is 9.94. The van der Waals surface area contributed by atoms with E-state index in [-0.39, 0.29) is 18.4 Å². The van der Waals surface area contributed by atoms with Crippen molar-refractivity contribution in [2.75, 3.05) is 6.54 Å². The van der Waals surface area contributed by atoms with Gasteiger partial charge in [-0.1, -0.05) is 6.42 Å². The summed E-state index contributed by atoms with van der Waals surface area (Å²) in [6.07, 6.45) is 0.872. The van der Waals surface area contributed by atoms with Gasteiger partial charge in [0.25, 0.3) is 0 Å². The molecule has 0 aromatic carbocycles. The molecule has 1 amide bonds. The van der Waals surface area contributed by atoms with E-state index >= 15 is 0 Å². The van der Waals surface area contributed by atoms with Crippen LogP contribution in [0.1, 0.15) is 33.1 Å². The number of carbonyl (C=O) groups is 2. The van der Waals surface area contributed by atoms with E-state index < -0.39 is 34.4 Å². The maximum atomic E-state index is 12.2. The van der Waals surface area contributed by atoms with Crippen LogP contribution in [0, 0.1) is 11.8 Å². The number of aliphatic carboxylic acids is 1. The Bertz CT molecular complexity index is 532. The van der Waals surface area contributed by atoms with Gasteiger partial charge < -0.3 is 9.84 Å². The zero-order valence-electron chi connectivity index (χ0n) is 12.0. The molecule has 3 unspecified atom stereocenters. The van der Waals surface area contributed by atoms with Crippen LogP contribution in [0.25, 0.3) is 0 Å². The first-order chi connectivity index (χ1) is 9.72. The Labute approximate surface area is 123 Å². The first-order valence-electron chi connectivity index (χ1n) is 6.95. The summed E-state index contributed by atoms with van der Waals surface area (Å²) in [7, 11) is -4.21. The number of ether oxygens (including phenoxy) is 1. The molecule has 1 aliphatic carbocycles. The number of carboxylic acids is 1. The van der Waals surface area contributed by atoms with E-state index in [9.17, 15) is 23.1 Å². The lowest BCUT2D eigenvalue weighted by Gasteiger charge is -2.23. The summed E-state index contributed by atoms with van der Waals surface area (Å²) >= 11 is 0. The molecule has 0 radical (unpaired) electrons. The van der Waals surface area contributed by atoms with Crippen LogP contribution in [0.2, 0.25) is 0 Å². The predicted octanol–water partition coefficient (Wildman–Crippen LogP) is 0.551. The lowest BCUT2D eigenvalue weighted by Crippen LogP contribution is -2.50. The highest BCUT2D eigenvalue weighted by Crippen LogP contribution is 2.43. The summed E-state index contributed by atoms with van der Waals surface area (Å²) in [5.74, 6) is -1.31. The fourth-order valence-electron chi connectivity index (χ4n) is 3.22. The standard InChI is InChI=1S/C12H20N2O6S/c1-7(2)20-12(17)13-21(18,19)14-6-8-4-3-5-9(8)10(14)11(15)16/h7-10H,3-6H2,1-2H3,(H,13,17)(H,15,16). The quantitative estimate of drug-likeness (QED) is 0.782. The van der Waals surface area contributed by atoms with Gasteiger partial charge in [0.15, 0.2) is 0 Å². The van der Waals surface area contributed by atoms with E-state index in [4.69, 9.17) is 4.74 Å². The highest BCUT2D eigenvalue weighted by Gasteiger charge is 2.52. The lowest BCUT2D eigenvalue weighted by molar-refractivity contribution is -0.142. The number of nitrogens with one attached hydrogen (secondary N) is 1. The first-order valence-corrected chi connectivity index (χ1v) is 8.39. The molecule has 2 fully saturated rings. The maximum absolute atomic E-state index is 12.2. The molecule has 21 heavy (non-hydrogen) atoms. The van der Waals surface area contributed by atoms with Crippen LogP contribution >= 0.6 is 0 Å². The zero-order valence-corrected chi connectivity index (χ0v) is 12.8. The molecule has 0 aromatic heterocycles. The van der Waals surface area contributed by atoms with Crippen molar-refractivity contribution < 1.29 is 27.9 Å². The fourth-order valence-corrected chi connectivity index (χ4v) is 4.53. The average molecular weight is 320 g/mol. The van der Waals surface area contributed by atoms with Crippen LogP contribution in [-0.4, -0.2) is 48.6 Å². The number of carboxylic acid groups (broad SMARTS) is 1. The SMILES string of the molecule is CC(C)OC(=O)NS(=O)(=O)N1CC2CCCC2C1C(=O)O. The Kier molecular flexibility index (Phi) is 4.43. The Morgan fingerprint density at radius 3 is 2.57 bits per heavy atom. The van der Waals surface area contributed by atoms with E-state index in [1.54, 1.807) is 18.6 Å². The minimum absolute atomic E-state index is 0.0452. The van der Waals surface area contributed by atoms with Crippen molar-refractivity contribution in [1.82, 2.24) is 9.03 Å². The molecule has 1 aliphatic heterocycles. The van der Waals surface area contributed by atoms with Crippen molar-refractivity contribution in [3.05, 3.63) is 0 Å². The van der Waals surface area contributed by atoms with Crippen molar-refractivity contribution in [2.45, 2.75) is 45.3 Å². The van der Waals surface area contributed by atoms with Crippen LogP contribution in [0.5, 0.6) is 0 Å². The van der Waals surface area contributed by atoms with Gasteiger partial charge >= 0.3 is 22.3 Å². The van der Waals surface area contributed by atoms with Gasteiger partial charge in [-0.2, -0.15) is 12.7 Å². The molecule has 0 spiro atoms. The second-order valence-corrected chi connectivity index (χ2v) is 7.39. The van der Waals surface area contributed by atoms with Crippen LogP contribution in [0.15, 0.2) is 0 Å². The third-order valence-corrected chi connectivity index (χ3v) is 5.38. The average Bonchev–Trinajstić information content (AvgIpc) is 2.84. The van der Waals surface area contributed by atoms with Gasteiger partial charge in [-0.15, -0.1) is 0 Å². The van der Waals surface area contributed by atoms with E-state index in [0.29, 0.717) is 6.42 Å². The number of rotatable bonds is 4. The molecular formula is C12H20N2O6S. The molecule has 120 valence electrons. The monoisotopic (exact) mass is 320 g/mol. The second-order valence-electron chi connectivity index (χ2n) is 5.77. The number of amides is 1. The van der Waals surface area contributed by atoms with Crippen molar-refractivity contribution in [1.29, 1.82) is 0 Å². The molecule has 0 aromatic rings. The Balaban J connectivity index is 2.15. The summed E-state index contributed by atoms with van der Waals surface area (Å²) in [5.41, 5.74) is 0. The summed E-state index contributed by atoms with van der Waals surface area (Å²) in [4.78, 5) is 22.9. The molecule has 2 N–H and O–H groups in total. The number of hydrogen-bond donors (Lipinski definition) is 2. The summed E-state index contributed by atoms with van der Waals surface area (Å²) in [6.45, 7) is 3.31. The van der Waals surface area contributed by atoms with Gasteiger partial charge in [0.2, 0.25) is 0 Å². The summed E-state index contributed by atoms with van der Waals surface area (Å²) < 4.78 is 31.8. The molecule has 1 saturated carbocycles. The van der Waals surface area contributed by atoms with Crippen molar-refractivity contribution in [3.8, 4) is 0 Å². The van der Waals surface area contributed by atoms with Gasteiger partial charge in [0, 0.05) is 6.54 Å². The van der Waals surface area contributed by atoms with E-state index in [1.165, 1.54) is 0 Å². The van der Waals surface area contributed by atoms with E-state index in [0.717, 1.165) is 17.1 Å². The third kappa shape index (κ3) is 3.29. The number of fused-ring (bicyclic) bond motifs is 1. The topological polar surface area (TPSA) is 113 Å². The minimum atomic E-state index is -4.21. The fraction of sp³-hybridized carbons (Fsp3) is 0.833. The molecule has 1 saturated heterocycles. The van der Waals surface area contributed by atoms with Crippen molar-refractivity contribution in [3.63, 3.8) is 0 Å². The largest absolute Gasteiger partial charge is 0.480 e. The van der Waals surface area contributed by atoms with Crippen LogP contribution in [0.4, 0.5) is 4.79 Å². The van der Waals surface area contributed by atoms with Crippen molar-refractivity contribution >= 4 is 22.3 Å². The molecule has 1 heterocycles. The molecule has 2 rings (SSSR count). The van der Waals surface area contributed by atoms with Crippen molar-refractivity contribution in [2.24, 2.45) is 11.8 Å².